The van der Waals surface area contributed by atoms with Crippen molar-refractivity contribution >= 4 is 29.1 Å². The monoisotopic (exact) mass is 563 g/mol. The number of hydrogen-bond donors (Lipinski definition) is 2. The smallest absolute Gasteiger partial charge is 0.148 e. The first kappa shape index (κ1) is 28.7. The third kappa shape index (κ3) is 5.86. The van der Waals surface area contributed by atoms with E-state index in [-0.39, 0.29) is 0 Å². The topological polar surface area (TPSA) is 73.1 Å². The van der Waals surface area contributed by atoms with Crippen LogP contribution in [-0.2, 0) is 11.1 Å². The van der Waals surface area contributed by atoms with Gasteiger partial charge in [0.25, 0.3) is 0 Å². The van der Waals surface area contributed by atoms with Gasteiger partial charge in [-0.2, -0.15) is 0 Å². The summed E-state index contributed by atoms with van der Waals surface area (Å²) < 4.78 is 16.7. The quantitative estimate of drug-likeness (QED) is 0.129. The van der Waals surface area contributed by atoms with Gasteiger partial charge in [-0.3, -0.25) is 5.01 Å². The maximum Gasteiger partial charge on any atom is 0.148 e. The molecular formula is C31H35ClFN5S. The Hall–Kier alpha value is -3.26. The molecule has 1 heterocycles. The standard InChI is InChI=1S/C31H35ClFN5S/c1-20-36-28(31(4,5)33)19-37(20)26-15-10-22(21-8-7-9-25(16-21)39-6)17-27(26)38(35)29(18-34)30(2,3)23-11-13-24(32)14-12-23/h7-19H,34-35H2,1-6H3/b29-18-. The van der Waals surface area contributed by atoms with Gasteiger partial charge in [0.1, 0.15) is 11.5 Å². The van der Waals surface area contributed by atoms with Gasteiger partial charge in [-0.05, 0) is 80.1 Å². The van der Waals surface area contributed by atoms with E-state index >= 15 is 0 Å². The van der Waals surface area contributed by atoms with E-state index in [1.807, 2.05) is 60.0 Å². The number of nitrogens with two attached hydrogens (primary N) is 2. The summed E-state index contributed by atoms with van der Waals surface area (Å²) in [5, 5.41) is 2.27. The lowest BCUT2D eigenvalue weighted by Gasteiger charge is -2.36. The number of imidazole rings is 1. The molecule has 0 aliphatic carbocycles. The molecule has 0 unspecified atom stereocenters. The molecule has 0 spiro atoms. The highest BCUT2D eigenvalue weighted by Crippen LogP contribution is 2.39. The van der Waals surface area contributed by atoms with Gasteiger partial charge < -0.3 is 10.3 Å². The number of alkyl halides is 1. The number of benzene rings is 3. The Labute approximate surface area is 239 Å². The van der Waals surface area contributed by atoms with Gasteiger partial charge in [0.15, 0.2) is 0 Å². The SMILES string of the molecule is CSc1cccc(-c2ccc(-n3cc(C(C)(C)F)nc3C)c(N(N)/C(=C\N)C(C)(C)c3ccc(Cl)cc3)c2)c1. The molecule has 204 valence electrons. The predicted molar refractivity (Wildman–Crippen MR) is 163 cm³/mol. The zero-order valence-electron chi connectivity index (χ0n) is 23.2. The van der Waals surface area contributed by atoms with Gasteiger partial charge >= 0.3 is 0 Å². The van der Waals surface area contributed by atoms with Crippen LogP contribution in [0.1, 0.15) is 44.8 Å². The van der Waals surface area contributed by atoms with E-state index in [1.54, 1.807) is 23.0 Å². The van der Waals surface area contributed by atoms with Gasteiger partial charge in [-0.15, -0.1) is 11.8 Å². The average molecular weight is 564 g/mol. The Morgan fingerprint density at radius 3 is 2.28 bits per heavy atom. The third-order valence-electron chi connectivity index (χ3n) is 7.01. The Kier molecular flexibility index (Phi) is 8.17. The minimum atomic E-state index is -1.59. The minimum absolute atomic E-state index is 0.349. The van der Waals surface area contributed by atoms with E-state index < -0.39 is 11.1 Å². The molecule has 0 atom stereocenters. The summed E-state index contributed by atoms with van der Waals surface area (Å²) in [6.45, 7) is 8.98. The minimum Gasteiger partial charge on any atom is -0.403 e. The summed E-state index contributed by atoms with van der Waals surface area (Å²) in [6.07, 6.45) is 5.32. The third-order valence-corrected chi connectivity index (χ3v) is 7.99. The number of rotatable bonds is 8. The highest BCUT2D eigenvalue weighted by Gasteiger charge is 2.31. The molecule has 0 saturated carbocycles. The summed E-state index contributed by atoms with van der Waals surface area (Å²) in [5.74, 6) is 7.58. The Morgan fingerprint density at radius 2 is 1.69 bits per heavy atom. The first-order chi connectivity index (χ1) is 18.4. The van der Waals surface area contributed by atoms with Crippen LogP contribution in [0.3, 0.4) is 0 Å². The number of hydrogen-bond acceptors (Lipinski definition) is 5. The van der Waals surface area contributed by atoms with Crippen molar-refractivity contribution in [1.82, 2.24) is 9.55 Å². The maximum atomic E-state index is 14.9. The van der Waals surface area contributed by atoms with Crippen LogP contribution >= 0.6 is 23.4 Å². The average Bonchev–Trinajstić information content (AvgIpc) is 3.30. The second-order valence-electron chi connectivity index (χ2n) is 10.5. The highest BCUT2D eigenvalue weighted by molar-refractivity contribution is 7.98. The Balaban J connectivity index is 1.91. The summed E-state index contributed by atoms with van der Waals surface area (Å²) in [7, 11) is 0. The number of aryl methyl sites for hydroxylation is 1. The van der Waals surface area contributed by atoms with Crippen LogP contribution in [0.15, 0.2) is 89.7 Å². The molecule has 5 nitrogen and oxygen atoms in total. The van der Waals surface area contributed by atoms with E-state index in [9.17, 15) is 4.39 Å². The molecule has 0 aliphatic heterocycles. The van der Waals surface area contributed by atoms with Gasteiger partial charge in [-0.1, -0.05) is 55.8 Å². The fraction of sp³-hybridized carbons (Fsp3) is 0.258. The number of allylic oxidation sites excluding steroid dienone is 1. The van der Waals surface area contributed by atoms with Gasteiger partial charge in [0, 0.05) is 27.7 Å². The molecule has 4 N–H and O–H groups in total. The summed E-state index contributed by atoms with van der Waals surface area (Å²) in [5.41, 5.74) is 9.65. The van der Waals surface area contributed by atoms with Crippen molar-refractivity contribution in [3.05, 3.63) is 107 Å². The molecule has 0 aliphatic rings. The molecule has 3 aromatic carbocycles. The van der Waals surface area contributed by atoms with Crippen LogP contribution < -0.4 is 16.6 Å². The lowest BCUT2D eigenvalue weighted by molar-refractivity contribution is 0.215. The van der Waals surface area contributed by atoms with Crippen molar-refractivity contribution in [3.8, 4) is 16.8 Å². The van der Waals surface area contributed by atoms with Crippen molar-refractivity contribution in [3.63, 3.8) is 0 Å². The fourth-order valence-corrected chi connectivity index (χ4v) is 5.22. The molecule has 4 rings (SSSR count). The zero-order chi connectivity index (χ0) is 28.5. The van der Waals surface area contributed by atoms with E-state index in [2.05, 4.69) is 43.3 Å². The maximum absolute atomic E-state index is 14.9. The number of hydrazine groups is 1. The number of nitrogens with zero attached hydrogens (tertiary/aromatic N) is 3. The van der Waals surface area contributed by atoms with Crippen LogP contribution in [0.2, 0.25) is 5.02 Å². The molecule has 0 fully saturated rings. The highest BCUT2D eigenvalue weighted by atomic mass is 35.5. The largest absolute Gasteiger partial charge is 0.403 e. The number of thioether (sulfide) groups is 1. The number of anilines is 1. The summed E-state index contributed by atoms with van der Waals surface area (Å²) in [4.78, 5) is 5.67. The molecule has 0 saturated heterocycles. The van der Waals surface area contributed by atoms with Crippen molar-refractivity contribution < 1.29 is 4.39 Å². The fourth-order valence-electron chi connectivity index (χ4n) is 4.64. The lowest BCUT2D eigenvalue weighted by Crippen LogP contribution is -2.40. The molecular weight excluding hydrogens is 529 g/mol. The lowest BCUT2D eigenvalue weighted by atomic mass is 9.81. The van der Waals surface area contributed by atoms with Crippen molar-refractivity contribution in [2.24, 2.45) is 11.6 Å². The summed E-state index contributed by atoms with van der Waals surface area (Å²) in [6, 6.07) is 22.1. The van der Waals surface area contributed by atoms with Crippen LogP contribution in [-0.4, -0.2) is 15.8 Å². The molecule has 4 aromatic rings. The Bertz CT molecular complexity index is 1500. The molecule has 39 heavy (non-hydrogen) atoms. The second-order valence-corrected chi connectivity index (χ2v) is 11.8. The molecule has 1 aromatic heterocycles. The normalized spacial score (nSPS) is 12.6. The van der Waals surface area contributed by atoms with Crippen molar-refractivity contribution in [1.29, 1.82) is 0 Å². The first-order valence-electron chi connectivity index (χ1n) is 12.6. The zero-order valence-corrected chi connectivity index (χ0v) is 24.7. The Morgan fingerprint density at radius 1 is 1.03 bits per heavy atom. The van der Waals surface area contributed by atoms with Crippen molar-refractivity contribution in [2.75, 3.05) is 11.3 Å². The summed E-state index contributed by atoms with van der Waals surface area (Å²) >= 11 is 7.84. The molecule has 0 radical (unpaired) electrons. The number of aromatic nitrogens is 2. The molecule has 0 bridgehead atoms. The number of halogens is 2. The molecule has 8 heteroatoms. The van der Waals surface area contributed by atoms with Gasteiger partial charge in [0.05, 0.1) is 22.8 Å². The molecule has 0 amide bonds. The predicted octanol–water partition coefficient (Wildman–Crippen LogP) is 7.89. The van der Waals surface area contributed by atoms with Crippen LogP contribution in [0.5, 0.6) is 0 Å². The van der Waals surface area contributed by atoms with Crippen LogP contribution in [0.4, 0.5) is 10.1 Å². The van der Waals surface area contributed by atoms with Crippen LogP contribution in [0.25, 0.3) is 16.8 Å². The van der Waals surface area contributed by atoms with Gasteiger partial charge in [-0.25, -0.2) is 15.2 Å². The van der Waals surface area contributed by atoms with Crippen LogP contribution in [0, 0.1) is 6.92 Å². The first-order valence-corrected chi connectivity index (χ1v) is 14.2. The van der Waals surface area contributed by atoms with Crippen molar-refractivity contribution in [2.45, 2.75) is 50.6 Å². The van der Waals surface area contributed by atoms with E-state index in [1.165, 1.54) is 20.0 Å². The van der Waals surface area contributed by atoms with E-state index in [4.69, 9.17) is 23.2 Å². The second kappa shape index (κ2) is 11.1. The van der Waals surface area contributed by atoms with E-state index in [0.717, 1.165) is 27.3 Å². The van der Waals surface area contributed by atoms with Gasteiger partial charge in [0.2, 0.25) is 0 Å². The van der Waals surface area contributed by atoms with E-state index in [0.29, 0.717) is 27.9 Å².